The van der Waals surface area contributed by atoms with Crippen LogP contribution in [0.25, 0.3) is 11.2 Å². The van der Waals surface area contributed by atoms with Crippen LogP contribution in [0, 0.1) is 5.41 Å². The van der Waals surface area contributed by atoms with Gasteiger partial charge < -0.3 is 19.8 Å². The lowest BCUT2D eigenvalue weighted by Crippen LogP contribution is -2.34. The van der Waals surface area contributed by atoms with Crippen LogP contribution in [0.1, 0.15) is 19.9 Å². The number of carbonyl (C=O) groups excluding carboxylic acids is 2. The Morgan fingerprint density at radius 2 is 1.92 bits per heavy atom. The highest BCUT2D eigenvalue weighted by Crippen LogP contribution is 2.63. The minimum atomic E-state index is -1.52. The minimum absolute atomic E-state index is 0.0381. The summed E-state index contributed by atoms with van der Waals surface area (Å²) in [7, 11) is 0. The van der Waals surface area contributed by atoms with Crippen molar-refractivity contribution in [2.45, 2.75) is 24.7 Å². The maximum atomic E-state index is 12.6. The van der Waals surface area contributed by atoms with Crippen molar-refractivity contribution >= 4 is 56.6 Å². The van der Waals surface area contributed by atoms with Crippen molar-refractivity contribution in [2.24, 2.45) is 5.41 Å². The number of nitrogens with zero attached hydrogens (tertiary/aromatic N) is 4. The first-order valence-electron chi connectivity index (χ1n) is 7.53. The number of nitrogen functional groups attached to an aromatic ring is 1. The average molecular weight is 433 g/mol. The summed E-state index contributed by atoms with van der Waals surface area (Å²) >= 11 is 9.43. The van der Waals surface area contributed by atoms with Crippen LogP contribution in [0.3, 0.4) is 0 Å². The number of nitrogens with two attached hydrogens (primary N) is 1. The Morgan fingerprint density at radius 3 is 2.48 bits per heavy atom. The number of halogens is 2. The fourth-order valence-corrected chi connectivity index (χ4v) is 4.22. The summed E-state index contributed by atoms with van der Waals surface area (Å²) < 4.78 is 11.8. The van der Waals surface area contributed by atoms with Gasteiger partial charge in [0.2, 0.25) is 11.4 Å². The maximum absolute atomic E-state index is 12.6. The zero-order chi connectivity index (χ0) is 18.4. The fourth-order valence-electron chi connectivity index (χ4n) is 2.84. The first-order valence-corrected chi connectivity index (χ1v) is 8.82. The molecule has 1 aliphatic rings. The third-order valence-corrected chi connectivity index (χ3v) is 5.48. The normalized spacial score (nSPS) is 21.1. The fraction of sp³-hybridized carbons (Fsp3) is 0.500. The molecule has 0 aliphatic heterocycles. The lowest BCUT2D eigenvalue weighted by Gasteiger charge is -2.15. The van der Waals surface area contributed by atoms with E-state index in [1.807, 2.05) is 0 Å². The average Bonchev–Trinajstić information content (AvgIpc) is 2.95. The van der Waals surface area contributed by atoms with E-state index in [0.29, 0.717) is 11.2 Å². The van der Waals surface area contributed by atoms with Gasteiger partial charge in [0.25, 0.3) is 0 Å². The summed E-state index contributed by atoms with van der Waals surface area (Å²) in [4.78, 5) is 36.7. The van der Waals surface area contributed by atoms with Gasteiger partial charge in [-0.15, -0.1) is 0 Å². The van der Waals surface area contributed by atoms with Crippen LogP contribution in [-0.4, -0.2) is 49.5 Å². The molecule has 0 unspecified atom stereocenters. The number of alkyl halides is 1. The minimum Gasteiger partial charge on any atom is -0.465 e. The number of hydrogen-bond acceptors (Lipinski definition) is 8. The first kappa shape index (κ1) is 17.9. The molecule has 0 saturated heterocycles. The number of imidazole rings is 1. The summed E-state index contributed by atoms with van der Waals surface area (Å²) in [6.45, 7) is 3.60. The van der Waals surface area contributed by atoms with Gasteiger partial charge in [0.05, 0.1) is 30.4 Å². The van der Waals surface area contributed by atoms with E-state index in [9.17, 15) is 9.59 Å². The van der Waals surface area contributed by atoms with Gasteiger partial charge in [0.15, 0.2) is 10.8 Å². The standard InChI is InChI=1S/C14H15BrClN5O4/c1-3-24-11(22)14(12(23)25-4-2)7(15)8(14)21-5-18-6-9(16)19-13(17)20-10(6)21/h5,7-8H,3-4H2,1-2H3,(H2,17,19,20)/t7-,8-/m1/s1. The number of aromatic nitrogens is 4. The smallest absolute Gasteiger partial charge is 0.326 e. The van der Waals surface area contributed by atoms with Crippen LogP contribution in [0.2, 0.25) is 5.15 Å². The monoisotopic (exact) mass is 431 g/mol. The molecule has 25 heavy (non-hydrogen) atoms. The van der Waals surface area contributed by atoms with Gasteiger partial charge in [-0.25, -0.2) is 4.98 Å². The molecule has 9 nitrogen and oxygen atoms in total. The van der Waals surface area contributed by atoms with Crippen molar-refractivity contribution in [3.8, 4) is 0 Å². The summed E-state index contributed by atoms with van der Waals surface area (Å²) in [5, 5.41) is 0.0888. The van der Waals surface area contributed by atoms with Crippen molar-refractivity contribution < 1.29 is 19.1 Å². The van der Waals surface area contributed by atoms with E-state index in [1.54, 1.807) is 18.4 Å². The van der Waals surface area contributed by atoms with Crippen molar-refractivity contribution in [2.75, 3.05) is 18.9 Å². The van der Waals surface area contributed by atoms with Crippen LogP contribution < -0.4 is 5.73 Å². The predicted molar refractivity (Wildman–Crippen MR) is 92.2 cm³/mol. The van der Waals surface area contributed by atoms with E-state index in [1.165, 1.54) is 6.33 Å². The number of rotatable bonds is 5. The maximum Gasteiger partial charge on any atom is 0.326 e. The van der Waals surface area contributed by atoms with E-state index in [-0.39, 0.29) is 24.3 Å². The molecule has 0 radical (unpaired) electrons. The number of fused-ring (bicyclic) bond motifs is 1. The van der Waals surface area contributed by atoms with Crippen molar-refractivity contribution in [1.82, 2.24) is 19.5 Å². The van der Waals surface area contributed by atoms with Gasteiger partial charge in [-0.05, 0) is 13.8 Å². The van der Waals surface area contributed by atoms with E-state index in [4.69, 9.17) is 26.8 Å². The van der Waals surface area contributed by atoms with E-state index < -0.39 is 28.2 Å². The summed E-state index contributed by atoms with van der Waals surface area (Å²) in [5.41, 5.74) is 4.77. The molecule has 134 valence electrons. The molecule has 2 aromatic rings. The highest BCUT2D eigenvalue weighted by Gasteiger charge is 2.77. The van der Waals surface area contributed by atoms with Crippen LogP contribution in [0.5, 0.6) is 0 Å². The summed E-state index contributed by atoms with van der Waals surface area (Å²) in [6.07, 6.45) is 1.43. The quantitative estimate of drug-likeness (QED) is 0.326. The van der Waals surface area contributed by atoms with Gasteiger partial charge in [-0.2, -0.15) is 9.97 Å². The molecule has 11 heteroatoms. The van der Waals surface area contributed by atoms with Crippen LogP contribution in [-0.2, 0) is 19.1 Å². The second kappa shape index (κ2) is 6.41. The van der Waals surface area contributed by atoms with Crippen molar-refractivity contribution in [1.29, 1.82) is 0 Å². The number of carbonyl (C=O) groups is 2. The zero-order valence-electron chi connectivity index (χ0n) is 13.4. The van der Waals surface area contributed by atoms with Crippen molar-refractivity contribution in [3.05, 3.63) is 11.5 Å². The zero-order valence-corrected chi connectivity index (χ0v) is 15.7. The Morgan fingerprint density at radius 1 is 1.32 bits per heavy atom. The Kier molecular flexibility index (Phi) is 4.58. The van der Waals surface area contributed by atoms with Crippen LogP contribution >= 0.6 is 27.5 Å². The molecule has 0 spiro atoms. The highest BCUT2D eigenvalue weighted by molar-refractivity contribution is 9.09. The highest BCUT2D eigenvalue weighted by atomic mass is 79.9. The molecule has 0 bridgehead atoms. The van der Waals surface area contributed by atoms with E-state index in [0.717, 1.165) is 0 Å². The predicted octanol–water partition coefficient (Wildman–Crippen LogP) is 1.49. The van der Waals surface area contributed by atoms with Crippen molar-refractivity contribution in [3.63, 3.8) is 0 Å². The van der Waals surface area contributed by atoms with Crippen LogP contribution in [0.15, 0.2) is 6.33 Å². The van der Waals surface area contributed by atoms with Gasteiger partial charge >= 0.3 is 11.9 Å². The third-order valence-electron chi connectivity index (χ3n) is 3.99. The second-order valence-electron chi connectivity index (χ2n) is 5.35. The van der Waals surface area contributed by atoms with Crippen LogP contribution in [0.4, 0.5) is 5.95 Å². The lowest BCUT2D eigenvalue weighted by molar-refractivity contribution is -0.164. The van der Waals surface area contributed by atoms with Gasteiger partial charge in [0, 0.05) is 0 Å². The van der Waals surface area contributed by atoms with E-state index >= 15 is 0 Å². The second-order valence-corrected chi connectivity index (χ2v) is 6.70. The van der Waals surface area contributed by atoms with Gasteiger partial charge in [0.1, 0.15) is 5.52 Å². The Hall–Kier alpha value is -1.94. The SMILES string of the molecule is CCOC(=O)C1(C(=O)OCC)[C@H](Br)[C@H]1n1cnc2c(Cl)nc(N)nc21. The molecule has 3 rings (SSSR count). The Labute approximate surface area is 156 Å². The summed E-state index contributed by atoms with van der Waals surface area (Å²) in [6, 6.07) is -0.638. The first-order chi connectivity index (χ1) is 11.9. The molecule has 2 aromatic heterocycles. The molecular weight excluding hydrogens is 418 g/mol. The van der Waals surface area contributed by atoms with Gasteiger partial charge in [-0.1, -0.05) is 27.5 Å². The van der Waals surface area contributed by atoms with Gasteiger partial charge in [-0.3, -0.25) is 9.59 Å². The molecular formula is C14H15BrClN5O4. The largest absolute Gasteiger partial charge is 0.465 e. The molecule has 0 amide bonds. The number of anilines is 1. The molecule has 1 aliphatic carbocycles. The molecule has 1 fully saturated rings. The Bertz CT molecular complexity index is 839. The Balaban J connectivity index is 2.11. The summed E-state index contributed by atoms with van der Waals surface area (Å²) in [5.74, 6) is -1.38. The topological polar surface area (TPSA) is 122 Å². The molecule has 2 heterocycles. The molecule has 1 saturated carbocycles. The number of ether oxygens (including phenoxy) is 2. The number of esters is 2. The number of hydrogen-bond donors (Lipinski definition) is 1. The molecule has 2 atom stereocenters. The third kappa shape index (κ3) is 2.54. The molecule has 2 N–H and O–H groups in total. The molecule has 0 aromatic carbocycles. The lowest BCUT2D eigenvalue weighted by atomic mass is 10.1. The van der Waals surface area contributed by atoms with E-state index in [2.05, 4.69) is 30.9 Å².